The van der Waals surface area contributed by atoms with Gasteiger partial charge in [0.2, 0.25) is 0 Å². The SMILES string of the molecule is CCOC(=O)C1=C(C)N=c2s/c(=C\c3ccc(OCc4ccccc4)c(OC)c3)c(=O)n2[C@H]1c1ccccc1Cl. The summed E-state index contributed by atoms with van der Waals surface area (Å²) in [6.45, 7) is 4.08. The van der Waals surface area contributed by atoms with Gasteiger partial charge in [0.05, 0.1) is 29.5 Å². The fourth-order valence-electron chi connectivity index (χ4n) is 4.56. The fourth-order valence-corrected chi connectivity index (χ4v) is 5.85. The highest BCUT2D eigenvalue weighted by Crippen LogP contribution is 2.34. The molecule has 0 radical (unpaired) electrons. The van der Waals surface area contributed by atoms with Crippen molar-refractivity contribution in [2.75, 3.05) is 13.7 Å². The Morgan fingerprint density at radius 3 is 2.55 bits per heavy atom. The molecule has 0 aliphatic carbocycles. The van der Waals surface area contributed by atoms with Crippen LogP contribution in [0, 0.1) is 0 Å². The summed E-state index contributed by atoms with van der Waals surface area (Å²) in [6.07, 6.45) is 1.78. The van der Waals surface area contributed by atoms with Gasteiger partial charge in [-0.15, -0.1) is 0 Å². The molecule has 3 aromatic carbocycles. The van der Waals surface area contributed by atoms with Gasteiger partial charge in [-0.1, -0.05) is 77.5 Å². The summed E-state index contributed by atoms with van der Waals surface area (Å²) in [7, 11) is 1.58. The van der Waals surface area contributed by atoms with Gasteiger partial charge in [0, 0.05) is 5.02 Å². The van der Waals surface area contributed by atoms with E-state index in [1.165, 1.54) is 15.9 Å². The molecule has 9 heteroatoms. The van der Waals surface area contributed by atoms with Crippen LogP contribution >= 0.6 is 22.9 Å². The largest absolute Gasteiger partial charge is 0.493 e. The maximum absolute atomic E-state index is 13.8. The lowest BCUT2D eigenvalue weighted by Gasteiger charge is -2.25. The van der Waals surface area contributed by atoms with Crippen LogP contribution in [0.15, 0.2) is 93.9 Å². The van der Waals surface area contributed by atoms with Crippen LogP contribution in [-0.4, -0.2) is 24.3 Å². The zero-order chi connectivity index (χ0) is 28.2. The Hall–Kier alpha value is -4.14. The van der Waals surface area contributed by atoms with E-state index in [-0.39, 0.29) is 17.7 Å². The number of ether oxygens (including phenoxy) is 3. The highest BCUT2D eigenvalue weighted by Gasteiger charge is 2.34. The number of carbonyl (C=O) groups is 1. The van der Waals surface area contributed by atoms with Crippen LogP contribution in [0.4, 0.5) is 0 Å². The third-order valence-corrected chi connectivity index (χ3v) is 7.77. The van der Waals surface area contributed by atoms with E-state index in [0.29, 0.717) is 43.7 Å². The van der Waals surface area contributed by atoms with E-state index >= 15 is 0 Å². The van der Waals surface area contributed by atoms with Crippen molar-refractivity contribution in [3.8, 4) is 11.5 Å². The highest BCUT2D eigenvalue weighted by molar-refractivity contribution is 7.07. The molecule has 0 saturated carbocycles. The smallest absolute Gasteiger partial charge is 0.338 e. The van der Waals surface area contributed by atoms with Crippen LogP contribution in [0.25, 0.3) is 6.08 Å². The molecule has 0 unspecified atom stereocenters. The summed E-state index contributed by atoms with van der Waals surface area (Å²) in [6, 6.07) is 21.8. The number of rotatable bonds is 8. The quantitative estimate of drug-likeness (QED) is 0.276. The molecule has 0 amide bonds. The maximum atomic E-state index is 13.8. The van der Waals surface area contributed by atoms with Crippen molar-refractivity contribution in [3.05, 3.63) is 125 Å². The third-order valence-electron chi connectivity index (χ3n) is 6.44. The molecule has 7 nitrogen and oxygen atoms in total. The van der Waals surface area contributed by atoms with Gasteiger partial charge in [-0.3, -0.25) is 9.36 Å². The number of halogens is 1. The molecule has 2 heterocycles. The van der Waals surface area contributed by atoms with Crippen molar-refractivity contribution < 1.29 is 19.0 Å². The number of nitrogens with zero attached hydrogens (tertiary/aromatic N) is 2. The summed E-state index contributed by atoms with van der Waals surface area (Å²) in [5.41, 5.74) is 2.90. The summed E-state index contributed by atoms with van der Waals surface area (Å²) in [5, 5.41) is 0.439. The summed E-state index contributed by atoms with van der Waals surface area (Å²) in [5.74, 6) is 0.615. The molecule has 5 rings (SSSR count). The van der Waals surface area contributed by atoms with Gasteiger partial charge in [-0.25, -0.2) is 9.79 Å². The Bertz CT molecular complexity index is 1780. The number of carbonyl (C=O) groups excluding carboxylic acids is 1. The molecule has 0 bridgehead atoms. The van der Waals surface area contributed by atoms with Crippen molar-refractivity contribution in [1.82, 2.24) is 4.57 Å². The standard InChI is InChI=1S/C31H27ClN2O5S/c1-4-38-30(36)27-19(2)33-31-34(28(27)22-12-8-9-13-23(22)32)29(35)26(40-31)17-21-14-15-24(25(16-21)37-3)39-18-20-10-6-5-7-11-20/h5-17,28H,4,18H2,1-3H3/b26-17-/t28-/m0/s1. The molecule has 40 heavy (non-hydrogen) atoms. The second-order valence-electron chi connectivity index (χ2n) is 9.01. The minimum absolute atomic E-state index is 0.197. The van der Waals surface area contributed by atoms with E-state index in [0.717, 1.165) is 11.1 Å². The Kier molecular flexibility index (Phi) is 8.19. The second kappa shape index (κ2) is 11.9. The first-order valence-electron chi connectivity index (χ1n) is 12.7. The summed E-state index contributed by atoms with van der Waals surface area (Å²) < 4.78 is 18.9. The molecule has 1 atom stereocenters. The normalized spacial score (nSPS) is 14.9. The Balaban J connectivity index is 1.57. The van der Waals surface area contributed by atoms with Crippen molar-refractivity contribution in [1.29, 1.82) is 0 Å². The van der Waals surface area contributed by atoms with Gasteiger partial charge in [-0.2, -0.15) is 0 Å². The molecule has 1 aromatic heterocycles. The van der Waals surface area contributed by atoms with E-state index in [4.69, 9.17) is 25.8 Å². The fraction of sp³-hybridized carbons (Fsp3) is 0.194. The van der Waals surface area contributed by atoms with E-state index in [1.54, 1.807) is 45.2 Å². The zero-order valence-corrected chi connectivity index (χ0v) is 23.8. The number of fused-ring (bicyclic) bond motifs is 1. The van der Waals surface area contributed by atoms with E-state index in [2.05, 4.69) is 4.99 Å². The topological polar surface area (TPSA) is 79.1 Å². The van der Waals surface area contributed by atoms with Gasteiger partial charge in [0.15, 0.2) is 16.3 Å². The monoisotopic (exact) mass is 574 g/mol. The molecular weight excluding hydrogens is 548 g/mol. The molecule has 1 aliphatic heterocycles. The van der Waals surface area contributed by atoms with Crippen LogP contribution in [0.1, 0.15) is 36.6 Å². The first kappa shape index (κ1) is 27.4. The number of hydrogen-bond acceptors (Lipinski definition) is 7. The summed E-state index contributed by atoms with van der Waals surface area (Å²) in [4.78, 5) is 32.0. The van der Waals surface area contributed by atoms with Crippen LogP contribution in [0.3, 0.4) is 0 Å². The van der Waals surface area contributed by atoms with Crippen molar-refractivity contribution in [2.45, 2.75) is 26.5 Å². The van der Waals surface area contributed by atoms with Gasteiger partial charge >= 0.3 is 5.97 Å². The lowest BCUT2D eigenvalue weighted by Crippen LogP contribution is -2.40. The van der Waals surface area contributed by atoms with Crippen LogP contribution in [-0.2, 0) is 16.1 Å². The van der Waals surface area contributed by atoms with E-state index in [1.807, 2.05) is 54.6 Å². The summed E-state index contributed by atoms with van der Waals surface area (Å²) >= 11 is 7.81. The number of allylic oxidation sites excluding steroid dienone is 1. The molecule has 0 N–H and O–H groups in total. The molecule has 0 fully saturated rings. The number of esters is 1. The number of thiazole rings is 1. The first-order chi connectivity index (χ1) is 19.4. The predicted molar refractivity (Wildman–Crippen MR) is 156 cm³/mol. The van der Waals surface area contributed by atoms with Gasteiger partial charge in [-0.05, 0) is 54.8 Å². The average molecular weight is 575 g/mol. The molecule has 204 valence electrons. The number of methoxy groups -OCH3 is 1. The minimum Gasteiger partial charge on any atom is -0.493 e. The minimum atomic E-state index is -0.769. The number of aromatic nitrogens is 1. The van der Waals surface area contributed by atoms with Crippen molar-refractivity contribution >= 4 is 35.0 Å². The predicted octanol–water partition coefficient (Wildman–Crippen LogP) is 5.04. The van der Waals surface area contributed by atoms with E-state index in [9.17, 15) is 9.59 Å². The second-order valence-corrected chi connectivity index (χ2v) is 10.4. The average Bonchev–Trinajstić information content (AvgIpc) is 3.26. The first-order valence-corrected chi connectivity index (χ1v) is 13.9. The lowest BCUT2D eigenvalue weighted by molar-refractivity contribution is -0.139. The van der Waals surface area contributed by atoms with E-state index < -0.39 is 12.0 Å². The Morgan fingerprint density at radius 2 is 1.82 bits per heavy atom. The zero-order valence-electron chi connectivity index (χ0n) is 22.2. The van der Waals surface area contributed by atoms with Crippen molar-refractivity contribution in [3.63, 3.8) is 0 Å². The molecular formula is C31H27ClN2O5S. The van der Waals surface area contributed by atoms with Crippen LogP contribution in [0.5, 0.6) is 11.5 Å². The lowest BCUT2D eigenvalue weighted by atomic mass is 9.96. The highest BCUT2D eigenvalue weighted by atomic mass is 35.5. The van der Waals surface area contributed by atoms with Gasteiger partial charge < -0.3 is 14.2 Å². The van der Waals surface area contributed by atoms with Crippen LogP contribution < -0.4 is 24.4 Å². The van der Waals surface area contributed by atoms with Crippen LogP contribution in [0.2, 0.25) is 5.02 Å². The maximum Gasteiger partial charge on any atom is 0.338 e. The Morgan fingerprint density at radius 1 is 1.07 bits per heavy atom. The molecule has 0 spiro atoms. The molecule has 4 aromatic rings. The van der Waals surface area contributed by atoms with Gasteiger partial charge in [0.25, 0.3) is 5.56 Å². The van der Waals surface area contributed by atoms with Gasteiger partial charge in [0.1, 0.15) is 12.6 Å². The Labute approximate surface area is 240 Å². The molecule has 0 saturated heterocycles. The third kappa shape index (κ3) is 5.46. The number of hydrogen-bond donors (Lipinski definition) is 0. The van der Waals surface area contributed by atoms with Crippen molar-refractivity contribution in [2.24, 2.45) is 4.99 Å². The number of benzene rings is 3. The molecule has 1 aliphatic rings.